The van der Waals surface area contributed by atoms with Crippen LogP contribution in [0.5, 0.6) is 0 Å². The second-order valence-electron chi connectivity index (χ2n) is 4.30. The van der Waals surface area contributed by atoms with Crippen LogP contribution in [-0.2, 0) is 0 Å². The topological polar surface area (TPSA) is 95.4 Å². The summed E-state index contributed by atoms with van der Waals surface area (Å²) in [6, 6.07) is 14.9. The first kappa shape index (κ1) is 12.0. The zero-order valence-corrected chi connectivity index (χ0v) is 10.4. The first-order chi connectivity index (χ1) is 9.70. The fourth-order valence-electron chi connectivity index (χ4n) is 2.19. The summed E-state index contributed by atoms with van der Waals surface area (Å²) in [6.07, 6.45) is 0. The molecule has 1 heterocycles. The van der Waals surface area contributed by atoms with Crippen LogP contribution in [-0.4, -0.2) is 10.9 Å². The van der Waals surface area contributed by atoms with Crippen LogP contribution in [0.3, 0.4) is 0 Å². The standard InChI is InChI=1S/C14H11N5O/c15-14(16)19(18-20)13-7-3-6-12-10(13)8-9-4-1-2-5-11(9)17-12/h1-8H,(H3,15,16). The van der Waals surface area contributed by atoms with E-state index in [4.69, 9.17) is 11.1 Å². The van der Waals surface area contributed by atoms with Crippen molar-refractivity contribution in [3.63, 3.8) is 0 Å². The van der Waals surface area contributed by atoms with Gasteiger partial charge < -0.3 is 5.73 Å². The lowest BCUT2D eigenvalue weighted by Crippen LogP contribution is -2.31. The van der Waals surface area contributed by atoms with Gasteiger partial charge in [0.1, 0.15) is 0 Å². The number of rotatable bonds is 2. The smallest absolute Gasteiger partial charge is 0.216 e. The molecular weight excluding hydrogens is 254 g/mol. The number of hydrogen-bond donors (Lipinski definition) is 2. The van der Waals surface area contributed by atoms with Crippen molar-refractivity contribution in [2.24, 2.45) is 11.0 Å². The molecule has 0 bridgehead atoms. The predicted molar refractivity (Wildman–Crippen MR) is 79.4 cm³/mol. The van der Waals surface area contributed by atoms with Crippen LogP contribution in [0, 0.1) is 10.3 Å². The Morgan fingerprint density at radius 3 is 2.65 bits per heavy atom. The lowest BCUT2D eigenvalue weighted by molar-refractivity contribution is 1.08. The third kappa shape index (κ3) is 1.83. The molecule has 6 nitrogen and oxygen atoms in total. The van der Waals surface area contributed by atoms with E-state index < -0.39 is 5.96 Å². The third-order valence-corrected chi connectivity index (χ3v) is 3.08. The number of nitrogens with one attached hydrogen (secondary N) is 1. The fraction of sp³-hybridized carbons (Fsp3) is 0. The predicted octanol–water partition coefficient (Wildman–Crippen LogP) is 2.77. The highest BCUT2D eigenvalue weighted by molar-refractivity contribution is 6.05. The first-order valence-corrected chi connectivity index (χ1v) is 5.96. The van der Waals surface area contributed by atoms with Crippen molar-refractivity contribution in [1.82, 2.24) is 4.98 Å². The second-order valence-corrected chi connectivity index (χ2v) is 4.30. The van der Waals surface area contributed by atoms with E-state index in [0.717, 1.165) is 26.8 Å². The van der Waals surface area contributed by atoms with Crippen molar-refractivity contribution in [1.29, 1.82) is 5.41 Å². The van der Waals surface area contributed by atoms with Gasteiger partial charge in [0, 0.05) is 10.8 Å². The molecule has 6 heteroatoms. The van der Waals surface area contributed by atoms with Gasteiger partial charge in [-0.25, -0.2) is 4.98 Å². The highest BCUT2D eigenvalue weighted by atomic mass is 16.3. The molecule has 3 aromatic rings. The summed E-state index contributed by atoms with van der Waals surface area (Å²) in [5.41, 5.74) is 7.41. The summed E-state index contributed by atoms with van der Waals surface area (Å²) in [5, 5.41) is 12.7. The van der Waals surface area contributed by atoms with Gasteiger partial charge in [-0.1, -0.05) is 24.3 Å². The molecule has 0 aliphatic heterocycles. The third-order valence-electron chi connectivity index (χ3n) is 3.08. The van der Waals surface area contributed by atoms with E-state index in [2.05, 4.69) is 10.3 Å². The van der Waals surface area contributed by atoms with Gasteiger partial charge in [-0.3, -0.25) is 5.41 Å². The SMILES string of the molecule is N=C(N)N(N=O)c1cccc2nc3ccccc3cc12. The van der Waals surface area contributed by atoms with Crippen molar-refractivity contribution in [3.8, 4) is 0 Å². The Morgan fingerprint density at radius 2 is 1.90 bits per heavy atom. The van der Waals surface area contributed by atoms with Crippen molar-refractivity contribution >= 4 is 33.5 Å². The van der Waals surface area contributed by atoms with Crippen LogP contribution >= 0.6 is 0 Å². The summed E-state index contributed by atoms with van der Waals surface area (Å²) < 4.78 is 0. The highest BCUT2D eigenvalue weighted by Crippen LogP contribution is 2.28. The molecule has 98 valence electrons. The molecule has 0 radical (unpaired) electrons. The lowest BCUT2D eigenvalue weighted by atomic mass is 10.1. The molecule has 0 atom stereocenters. The number of para-hydroxylation sites is 1. The molecule has 0 unspecified atom stereocenters. The average molecular weight is 265 g/mol. The van der Waals surface area contributed by atoms with Crippen LogP contribution in [0.15, 0.2) is 53.8 Å². The largest absolute Gasteiger partial charge is 0.368 e. The molecule has 2 aromatic carbocycles. The zero-order valence-electron chi connectivity index (χ0n) is 10.4. The minimum Gasteiger partial charge on any atom is -0.368 e. The maximum Gasteiger partial charge on any atom is 0.216 e. The van der Waals surface area contributed by atoms with Crippen LogP contribution in [0.25, 0.3) is 21.8 Å². The molecule has 1 aromatic heterocycles. The molecule has 3 rings (SSSR count). The van der Waals surface area contributed by atoms with Crippen molar-refractivity contribution in [3.05, 3.63) is 53.4 Å². The summed E-state index contributed by atoms with van der Waals surface area (Å²) in [5.74, 6) is -0.430. The fourth-order valence-corrected chi connectivity index (χ4v) is 2.19. The van der Waals surface area contributed by atoms with Crippen LogP contribution < -0.4 is 10.7 Å². The van der Waals surface area contributed by atoms with E-state index in [0.29, 0.717) is 5.69 Å². The van der Waals surface area contributed by atoms with Crippen LogP contribution in [0.1, 0.15) is 0 Å². The van der Waals surface area contributed by atoms with E-state index in [1.807, 2.05) is 36.4 Å². The van der Waals surface area contributed by atoms with E-state index >= 15 is 0 Å². The van der Waals surface area contributed by atoms with E-state index in [-0.39, 0.29) is 0 Å². The molecule has 0 saturated heterocycles. The molecule has 0 saturated carbocycles. The molecule has 0 spiro atoms. The number of hydrogen-bond acceptors (Lipinski definition) is 4. The number of fused-ring (bicyclic) bond motifs is 2. The number of nitrogens with two attached hydrogens (primary N) is 1. The van der Waals surface area contributed by atoms with Gasteiger partial charge in [0.05, 0.1) is 22.0 Å². The van der Waals surface area contributed by atoms with Crippen molar-refractivity contribution < 1.29 is 0 Å². The number of anilines is 1. The van der Waals surface area contributed by atoms with E-state index in [9.17, 15) is 4.91 Å². The summed E-state index contributed by atoms with van der Waals surface area (Å²) in [7, 11) is 0. The zero-order chi connectivity index (χ0) is 14.1. The quantitative estimate of drug-likeness (QED) is 0.245. The van der Waals surface area contributed by atoms with Gasteiger partial charge in [0.25, 0.3) is 0 Å². The average Bonchev–Trinajstić information content (AvgIpc) is 2.46. The maximum absolute atomic E-state index is 10.9. The number of nitrogens with zero attached hydrogens (tertiary/aromatic N) is 3. The summed E-state index contributed by atoms with van der Waals surface area (Å²) in [4.78, 5) is 15.4. The molecular formula is C14H11N5O. The normalized spacial score (nSPS) is 10.6. The first-order valence-electron chi connectivity index (χ1n) is 5.96. The van der Waals surface area contributed by atoms with Crippen LogP contribution in [0.4, 0.5) is 5.69 Å². The number of aromatic nitrogens is 1. The molecule has 0 fully saturated rings. The molecule has 3 N–H and O–H groups in total. The molecule has 20 heavy (non-hydrogen) atoms. The van der Waals surface area contributed by atoms with E-state index in [1.165, 1.54) is 0 Å². The minimum atomic E-state index is -0.430. The Kier molecular flexibility index (Phi) is 2.76. The number of benzene rings is 2. The van der Waals surface area contributed by atoms with E-state index in [1.54, 1.807) is 12.1 Å². The van der Waals surface area contributed by atoms with Gasteiger partial charge in [-0.15, -0.1) is 4.91 Å². The number of nitroso groups, excluding NO2 is 1. The van der Waals surface area contributed by atoms with Gasteiger partial charge in [-0.2, -0.15) is 5.01 Å². The van der Waals surface area contributed by atoms with Crippen LogP contribution in [0.2, 0.25) is 0 Å². The number of guanidine groups is 1. The second kappa shape index (κ2) is 4.58. The highest BCUT2D eigenvalue weighted by Gasteiger charge is 2.14. The molecule has 0 amide bonds. The molecule has 0 aliphatic rings. The van der Waals surface area contributed by atoms with Crippen molar-refractivity contribution in [2.75, 3.05) is 5.01 Å². The van der Waals surface area contributed by atoms with Gasteiger partial charge >= 0.3 is 0 Å². The Morgan fingerprint density at radius 1 is 1.15 bits per heavy atom. The Hall–Kier alpha value is -3.02. The summed E-state index contributed by atoms with van der Waals surface area (Å²) >= 11 is 0. The molecule has 0 aliphatic carbocycles. The van der Waals surface area contributed by atoms with Gasteiger partial charge in [0.2, 0.25) is 5.96 Å². The lowest BCUT2D eigenvalue weighted by Gasteiger charge is -2.15. The summed E-state index contributed by atoms with van der Waals surface area (Å²) in [6.45, 7) is 0. The minimum absolute atomic E-state index is 0.430. The Bertz CT molecular complexity index is 830. The Balaban J connectivity index is 2.35. The monoisotopic (exact) mass is 265 g/mol. The maximum atomic E-state index is 10.9. The van der Waals surface area contributed by atoms with Gasteiger partial charge in [0.15, 0.2) is 0 Å². The number of pyridine rings is 1. The van der Waals surface area contributed by atoms with Gasteiger partial charge in [-0.05, 0) is 24.3 Å². The van der Waals surface area contributed by atoms with Crippen molar-refractivity contribution in [2.45, 2.75) is 0 Å². The Labute approximate surface area is 114 Å².